The van der Waals surface area contributed by atoms with Gasteiger partial charge in [0.15, 0.2) is 11.4 Å². The van der Waals surface area contributed by atoms with Gasteiger partial charge in [-0.25, -0.2) is 4.79 Å². The second-order valence-corrected chi connectivity index (χ2v) is 11.6. The van der Waals surface area contributed by atoms with E-state index >= 15 is 0 Å². The molecule has 0 spiro atoms. The molecule has 0 saturated heterocycles. The number of aliphatic hydroxyl groups is 3. The zero-order chi connectivity index (χ0) is 28.5. The molecule has 1 fully saturated rings. The summed E-state index contributed by atoms with van der Waals surface area (Å²) < 4.78 is 5.37. The number of phenolic OH excluding ortho intramolecular Hbond substituents is 1. The summed E-state index contributed by atoms with van der Waals surface area (Å²) in [5, 5.41) is 44.5. The summed E-state index contributed by atoms with van der Waals surface area (Å²) in [6.45, 7) is 5.67. The quantitative estimate of drug-likeness (QED) is 0.284. The van der Waals surface area contributed by atoms with Crippen LogP contribution in [0.3, 0.4) is 0 Å². The molecule has 4 rings (SSSR count). The highest BCUT2D eigenvalue weighted by molar-refractivity contribution is 6.22. The summed E-state index contributed by atoms with van der Waals surface area (Å²) in [6.07, 6.45) is -0.245. The Kier molecular flexibility index (Phi) is 6.34. The number of esters is 1. The molecule has 11 heteroatoms. The van der Waals surface area contributed by atoms with Crippen LogP contribution in [0.2, 0.25) is 0 Å². The zero-order valence-corrected chi connectivity index (χ0v) is 21.9. The van der Waals surface area contributed by atoms with Crippen LogP contribution < -0.4 is 10.6 Å². The molecular weight excluding hydrogens is 496 g/mol. The van der Waals surface area contributed by atoms with Gasteiger partial charge in [0.25, 0.3) is 5.91 Å². The fourth-order valence-electron chi connectivity index (χ4n) is 5.58. The van der Waals surface area contributed by atoms with E-state index in [4.69, 9.17) is 10.5 Å². The maximum absolute atomic E-state index is 13.7. The van der Waals surface area contributed by atoms with E-state index in [0.29, 0.717) is 11.3 Å². The van der Waals surface area contributed by atoms with Gasteiger partial charge in [-0.3, -0.25) is 14.4 Å². The summed E-state index contributed by atoms with van der Waals surface area (Å²) in [6, 6.07) is 1.45. The number of primary amides is 1. The van der Waals surface area contributed by atoms with Gasteiger partial charge in [-0.2, -0.15) is 0 Å². The number of hydrogen-bond acceptors (Lipinski definition) is 10. The molecule has 3 atom stereocenters. The van der Waals surface area contributed by atoms with Gasteiger partial charge in [-0.05, 0) is 35.8 Å². The summed E-state index contributed by atoms with van der Waals surface area (Å²) >= 11 is 0. The van der Waals surface area contributed by atoms with E-state index in [1.807, 2.05) is 20.8 Å². The number of nitrogens with zero attached hydrogens (tertiary/aromatic N) is 1. The molecule has 3 aliphatic rings. The molecule has 0 unspecified atom stereocenters. The fourth-order valence-corrected chi connectivity index (χ4v) is 5.58. The molecule has 1 aromatic carbocycles. The van der Waals surface area contributed by atoms with Gasteiger partial charge in [0.05, 0.1) is 12.2 Å². The Hall–Kier alpha value is -3.86. The molecule has 1 aromatic rings. The lowest BCUT2D eigenvalue weighted by atomic mass is 9.59. The van der Waals surface area contributed by atoms with Gasteiger partial charge in [-0.1, -0.05) is 20.8 Å². The summed E-state index contributed by atoms with van der Waals surface area (Å²) in [4.78, 5) is 52.6. The molecule has 0 radical (unpaired) electrons. The van der Waals surface area contributed by atoms with Crippen LogP contribution in [0.25, 0.3) is 5.76 Å². The summed E-state index contributed by atoms with van der Waals surface area (Å²) in [5.74, 6) is -8.12. The van der Waals surface area contributed by atoms with E-state index in [0.717, 1.165) is 0 Å². The molecule has 6 N–H and O–H groups in total. The first-order chi connectivity index (χ1) is 17.5. The molecular formula is C27H32N2O9. The van der Waals surface area contributed by atoms with Crippen molar-refractivity contribution < 1.29 is 44.3 Å². The van der Waals surface area contributed by atoms with Crippen molar-refractivity contribution >= 4 is 34.9 Å². The number of Topliss-reactive ketones (excluding diaryl/α,β-unsaturated/α-hetero) is 2. The lowest BCUT2D eigenvalue weighted by Gasteiger charge is -2.46. The standard InChI is InChI=1S/C27H32N2O9/c1-26(2,3)10-38-25(36)14-9-15(29(4)5)13-7-11-6-12-8-16(30)19(24(28)35)23(34)27(12,37)22(33)17(11)21(32)18(13)20(14)31/h9,11-12,31-32,34,37H,6-8,10H2,1-5H3,(H2,28,35)/t11-,12+,27+/m1/s1. The first-order valence-electron chi connectivity index (χ1n) is 12.2. The number of benzene rings is 1. The van der Waals surface area contributed by atoms with E-state index in [9.17, 15) is 39.6 Å². The number of amides is 1. The highest BCUT2D eigenvalue weighted by atomic mass is 16.5. The van der Waals surface area contributed by atoms with Gasteiger partial charge >= 0.3 is 5.97 Å². The van der Waals surface area contributed by atoms with Crippen molar-refractivity contribution in [2.75, 3.05) is 25.6 Å². The van der Waals surface area contributed by atoms with E-state index in [1.165, 1.54) is 6.07 Å². The first-order valence-corrected chi connectivity index (χ1v) is 12.2. The van der Waals surface area contributed by atoms with Gasteiger partial charge in [0.1, 0.15) is 28.4 Å². The predicted molar refractivity (Wildman–Crippen MR) is 135 cm³/mol. The number of aromatic hydroxyl groups is 1. The number of phenols is 1. The summed E-state index contributed by atoms with van der Waals surface area (Å²) in [7, 11) is 3.43. The van der Waals surface area contributed by atoms with Gasteiger partial charge in [0, 0.05) is 37.7 Å². The van der Waals surface area contributed by atoms with Gasteiger partial charge < -0.3 is 35.8 Å². The second-order valence-electron chi connectivity index (χ2n) is 11.6. The first kappa shape index (κ1) is 27.2. The number of hydrogen-bond donors (Lipinski definition) is 5. The van der Waals surface area contributed by atoms with Crippen molar-refractivity contribution in [1.82, 2.24) is 0 Å². The average molecular weight is 529 g/mol. The topological polar surface area (TPSA) is 188 Å². The lowest BCUT2D eigenvalue weighted by Crippen LogP contribution is -2.58. The van der Waals surface area contributed by atoms with Crippen LogP contribution in [0.15, 0.2) is 23.0 Å². The van der Waals surface area contributed by atoms with Crippen LogP contribution in [-0.4, -0.2) is 70.2 Å². The average Bonchev–Trinajstić information content (AvgIpc) is 2.79. The monoisotopic (exact) mass is 528 g/mol. The number of carbonyl (C=O) groups excluding carboxylic acids is 4. The third-order valence-electron chi connectivity index (χ3n) is 7.38. The van der Waals surface area contributed by atoms with Crippen molar-refractivity contribution in [2.45, 2.75) is 45.6 Å². The molecule has 0 aromatic heterocycles. The number of ketones is 2. The normalized spacial score (nSPS) is 25.0. The van der Waals surface area contributed by atoms with Crippen molar-refractivity contribution in [3.05, 3.63) is 39.7 Å². The van der Waals surface area contributed by atoms with Crippen LogP contribution in [0, 0.1) is 17.3 Å². The van der Waals surface area contributed by atoms with Crippen LogP contribution in [-0.2, 0) is 25.5 Å². The molecule has 3 aliphatic carbocycles. The number of anilines is 1. The molecule has 0 bridgehead atoms. The maximum Gasteiger partial charge on any atom is 0.342 e. The second kappa shape index (κ2) is 8.87. The highest BCUT2D eigenvalue weighted by Gasteiger charge is 2.60. The third-order valence-corrected chi connectivity index (χ3v) is 7.38. The predicted octanol–water partition coefficient (Wildman–Crippen LogP) is 1.69. The molecule has 0 heterocycles. The Labute approximate surface area is 219 Å². The molecule has 1 amide bonds. The molecule has 204 valence electrons. The highest BCUT2D eigenvalue weighted by Crippen LogP contribution is 2.53. The van der Waals surface area contributed by atoms with E-state index in [-0.39, 0.29) is 41.6 Å². The minimum Gasteiger partial charge on any atom is -0.508 e. The largest absolute Gasteiger partial charge is 0.508 e. The Balaban J connectivity index is 1.91. The van der Waals surface area contributed by atoms with Crippen LogP contribution >= 0.6 is 0 Å². The van der Waals surface area contributed by atoms with E-state index in [2.05, 4.69) is 0 Å². The van der Waals surface area contributed by atoms with Gasteiger partial charge in [-0.15, -0.1) is 0 Å². The number of carbonyl (C=O) groups is 4. The number of fused-ring (bicyclic) bond motifs is 3. The Morgan fingerprint density at radius 1 is 1.16 bits per heavy atom. The van der Waals surface area contributed by atoms with Crippen molar-refractivity contribution in [3.8, 4) is 5.75 Å². The molecule has 0 aliphatic heterocycles. The number of aliphatic hydroxyl groups excluding tert-OH is 2. The maximum atomic E-state index is 13.7. The SMILES string of the molecule is CN(C)c1cc(C(=O)OCC(C)(C)C)c(O)c2c1C[C@H]1C[C@H]3CC(=O)C(C(N)=O)=C(O)[C@@]3(O)C(=O)C1=C2O. The van der Waals surface area contributed by atoms with Crippen molar-refractivity contribution in [3.63, 3.8) is 0 Å². The Bertz CT molecular complexity index is 1350. The van der Waals surface area contributed by atoms with Gasteiger partial charge in [0.2, 0.25) is 5.78 Å². The minimum atomic E-state index is -2.65. The summed E-state index contributed by atoms with van der Waals surface area (Å²) in [5.41, 5.74) is 1.67. The van der Waals surface area contributed by atoms with E-state index < -0.39 is 70.1 Å². The third kappa shape index (κ3) is 4.01. The minimum absolute atomic E-state index is 0.0198. The van der Waals surface area contributed by atoms with Crippen molar-refractivity contribution in [1.29, 1.82) is 0 Å². The Morgan fingerprint density at radius 2 is 1.79 bits per heavy atom. The molecule has 1 saturated carbocycles. The number of ether oxygens (including phenoxy) is 1. The molecule has 11 nitrogen and oxygen atoms in total. The fraction of sp³-hybridized carbons (Fsp3) is 0.481. The van der Waals surface area contributed by atoms with Crippen molar-refractivity contribution in [2.24, 2.45) is 23.0 Å². The van der Waals surface area contributed by atoms with Crippen LogP contribution in [0.1, 0.15) is 55.1 Å². The number of rotatable bonds is 4. The smallest absolute Gasteiger partial charge is 0.342 e. The van der Waals surface area contributed by atoms with E-state index in [1.54, 1.807) is 19.0 Å². The van der Waals surface area contributed by atoms with Crippen LogP contribution in [0.4, 0.5) is 5.69 Å². The lowest BCUT2D eigenvalue weighted by molar-refractivity contribution is -0.147. The molecule has 38 heavy (non-hydrogen) atoms. The zero-order valence-electron chi connectivity index (χ0n) is 21.9. The van der Waals surface area contributed by atoms with Crippen LogP contribution in [0.5, 0.6) is 5.75 Å². The number of nitrogens with two attached hydrogens (primary N) is 1. The Morgan fingerprint density at radius 3 is 2.34 bits per heavy atom.